The highest BCUT2D eigenvalue weighted by Crippen LogP contribution is 2.23. The lowest BCUT2D eigenvalue weighted by atomic mass is 9.97. The van der Waals surface area contributed by atoms with E-state index in [1.807, 2.05) is 6.08 Å². The molecule has 0 amide bonds. The van der Waals surface area contributed by atoms with E-state index >= 15 is 0 Å². The molecular formula is C13H18ClNO. The highest BCUT2D eigenvalue weighted by atomic mass is 35.5. The second-order valence-corrected chi connectivity index (χ2v) is 4.61. The Hall–Kier alpha value is -0.890. The first kappa shape index (κ1) is 13.2. The molecule has 0 heterocycles. The van der Waals surface area contributed by atoms with Crippen molar-refractivity contribution in [3.8, 4) is 0 Å². The first-order valence-electron chi connectivity index (χ1n) is 5.67. The molecule has 0 fully saturated rings. The summed E-state index contributed by atoms with van der Waals surface area (Å²) in [6.45, 7) is 3.87. The Morgan fingerprint density at radius 1 is 1.69 bits per heavy atom. The lowest BCUT2D eigenvalue weighted by molar-refractivity contribution is -0.115. The molecule has 0 N–H and O–H groups in total. The molecule has 88 valence electrons. The fraction of sp³-hybridized carbons (Fsp3) is 0.538. The molecule has 1 aliphatic carbocycles. The molecule has 2 nitrogen and oxygen atoms in total. The fourth-order valence-electron chi connectivity index (χ4n) is 1.65. The van der Waals surface area contributed by atoms with Gasteiger partial charge in [-0.3, -0.25) is 9.79 Å². The van der Waals surface area contributed by atoms with Gasteiger partial charge in [0.1, 0.15) is 5.17 Å². The normalized spacial score (nSPS) is 24.6. The van der Waals surface area contributed by atoms with Crippen LogP contribution in [0.5, 0.6) is 0 Å². The maximum absolute atomic E-state index is 10.8. The number of rotatable bonds is 3. The van der Waals surface area contributed by atoms with Gasteiger partial charge in [0.2, 0.25) is 0 Å². The standard InChI is InChI=1S/C13H18ClNO/c1-10-6-4-3-5-7-12(10)8-13(14)15-9-11(2)16/h5,7-8,10H,3-4,6,9H2,1-2H3/b12-8-,15-13+. The number of Topliss-reactive ketones (excluding diaryl/α,β-unsaturated/α-hetero) is 1. The second kappa shape index (κ2) is 6.64. The van der Waals surface area contributed by atoms with Crippen molar-refractivity contribution in [1.82, 2.24) is 0 Å². The molecule has 1 atom stereocenters. The van der Waals surface area contributed by atoms with Gasteiger partial charge in [-0.2, -0.15) is 0 Å². The Kier molecular flexibility index (Phi) is 5.47. The lowest BCUT2D eigenvalue weighted by Gasteiger charge is -2.09. The van der Waals surface area contributed by atoms with E-state index in [-0.39, 0.29) is 12.3 Å². The van der Waals surface area contributed by atoms with Gasteiger partial charge in [-0.15, -0.1) is 0 Å². The predicted molar refractivity (Wildman–Crippen MR) is 69.1 cm³/mol. The van der Waals surface area contributed by atoms with Crippen molar-refractivity contribution >= 4 is 22.6 Å². The van der Waals surface area contributed by atoms with E-state index in [0.29, 0.717) is 11.1 Å². The van der Waals surface area contributed by atoms with Crippen molar-refractivity contribution in [3.05, 3.63) is 23.8 Å². The molecular weight excluding hydrogens is 222 g/mol. The summed E-state index contributed by atoms with van der Waals surface area (Å²) in [7, 11) is 0. The van der Waals surface area contributed by atoms with E-state index < -0.39 is 0 Å². The summed E-state index contributed by atoms with van der Waals surface area (Å²) in [5.41, 5.74) is 1.20. The minimum absolute atomic E-state index is 0.0287. The predicted octanol–water partition coefficient (Wildman–Crippen LogP) is 3.52. The largest absolute Gasteiger partial charge is 0.298 e. The van der Waals surface area contributed by atoms with Crippen LogP contribution >= 0.6 is 11.6 Å². The van der Waals surface area contributed by atoms with Crippen LogP contribution in [0.1, 0.15) is 33.1 Å². The van der Waals surface area contributed by atoms with Crippen molar-refractivity contribution in [3.63, 3.8) is 0 Å². The van der Waals surface area contributed by atoms with Crippen molar-refractivity contribution in [2.45, 2.75) is 33.1 Å². The lowest BCUT2D eigenvalue weighted by Crippen LogP contribution is -2.00. The monoisotopic (exact) mass is 239 g/mol. The summed E-state index contributed by atoms with van der Waals surface area (Å²) in [6.07, 6.45) is 9.68. The third-order valence-electron chi connectivity index (χ3n) is 2.63. The van der Waals surface area contributed by atoms with Crippen molar-refractivity contribution < 1.29 is 4.79 Å². The summed E-state index contributed by atoms with van der Waals surface area (Å²) in [5.74, 6) is 0.543. The average molecular weight is 240 g/mol. The van der Waals surface area contributed by atoms with Crippen LogP contribution in [0.4, 0.5) is 0 Å². The number of carbonyl (C=O) groups is 1. The van der Waals surface area contributed by atoms with Crippen LogP contribution in [0.3, 0.4) is 0 Å². The molecule has 0 spiro atoms. The van der Waals surface area contributed by atoms with Crippen molar-refractivity contribution in [2.24, 2.45) is 10.9 Å². The summed E-state index contributed by atoms with van der Waals surface area (Å²) >= 11 is 5.96. The summed E-state index contributed by atoms with van der Waals surface area (Å²) in [5, 5.41) is 0.420. The van der Waals surface area contributed by atoms with Gasteiger partial charge in [0.05, 0.1) is 6.54 Å². The Labute approximate surface area is 102 Å². The number of hydrogen-bond donors (Lipinski definition) is 0. The third kappa shape index (κ3) is 4.75. The van der Waals surface area contributed by atoms with Crippen molar-refractivity contribution in [2.75, 3.05) is 6.54 Å². The summed E-state index contributed by atoms with van der Waals surface area (Å²) in [6, 6.07) is 0. The molecule has 0 radical (unpaired) electrons. The smallest absolute Gasteiger partial charge is 0.151 e. The quantitative estimate of drug-likeness (QED) is 0.693. The number of nitrogens with zero attached hydrogens (tertiary/aromatic N) is 1. The first-order chi connectivity index (χ1) is 7.59. The highest BCUT2D eigenvalue weighted by Gasteiger charge is 2.09. The van der Waals surface area contributed by atoms with Gasteiger partial charge < -0.3 is 0 Å². The first-order valence-corrected chi connectivity index (χ1v) is 6.05. The maximum atomic E-state index is 10.8. The van der Waals surface area contributed by atoms with E-state index in [0.717, 1.165) is 6.42 Å². The van der Waals surface area contributed by atoms with E-state index in [1.165, 1.54) is 25.3 Å². The van der Waals surface area contributed by atoms with E-state index in [9.17, 15) is 4.79 Å². The highest BCUT2D eigenvalue weighted by molar-refractivity contribution is 6.68. The molecule has 0 aliphatic heterocycles. The van der Waals surface area contributed by atoms with Crippen LogP contribution in [-0.2, 0) is 4.79 Å². The van der Waals surface area contributed by atoms with E-state index in [2.05, 4.69) is 24.1 Å². The second-order valence-electron chi connectivity index (χ2n) is 4.22. The van der Waals surface area contributed by atoms with Crippen LogP contribution in [-0.4, -0.2) is 17.5 Å². The minimum atomic E-state index is 0.0287. The molecule has 0 aromatic carbocycles. The summed E-state index contributed by atoms with van der Waals surface area (Å²) < 4.78 is 0. The molecule has 0 aromatic heterocycles. The van der Waals surface area contributed by atoms with Gasteiger partial charge in [0, 0.05) is 0 Å². The average Bonchev–Trinajstić information content (AvgIpc) is 2.42. The summed E-state index contributed by atoms with van der Waals surface area (Å²) in [4.78, 5) is 14.8. The Balaban J connectivity index is 2.72. The number of hydrogen-bond acceptors (Lipinski definition) is 2. The maximum Gasteiger partial charge on any atom is 0.151 e. The number of allylic oxidation sites excluding steroid dienone is 4. The van der Waals surface area contributed by atoms with Crippen LogP contribution < -0.4 is 0 Å². The molecule has 1 unspecified atom stereocenters. The molecule has 0 saturated carbocycles. The van der Waals surface area contributed by atoms with Crippen LogP contribution in [0.2, 0.25) is 0 Å². The molecule has 3 heteroatoms. The zero-order valence-electron chi connectivity index (χ0n) is 9.87. The van der Waals surface area contributed by atoms with Gasteiger partial charge >= 0.3 is 0 Å². The Morgan fingerprint density at radius 3 is 3.12 bits per heavy atom. The molecule has 0 bridgehead atoms. The fourth-order valence-corrected chi connectivity index (χ4v) is 1.84. The van der Waals surface area contributed by atoms with Gasteiger partial charge in [-0.25, -0.2) is 0 Å². The minimum Gasteiger partial charge on any atom is -0.298 e. The topological polar surface area (TPSA) is 29.4 Å². The number of carbonyl (C=O) groups excluding carboxylic acids is 1. The van der Waals surface area contributed by atoms with E-state index in [1.54, 1.807) is 0 Å². The van der Waals surface area contributed by atoms with Gasteiger partial charge in [0.15, 0.2) is 5.78 Å². The Bertz CT molecular complexity index is 342. The molecule has 1 rings (SSSR count). The Morgan fingerprint density at radius 2 is 2.44 bits per heavy atom. The van der Waals surface area contributed by atoms with Crippen LogP contribution in [0, 0.1) is 5.92 Å². The van der Waals surface area contributed by atoms with Gasteiger partial charge in [-0.1, -0.05) is 30.7 Å². The zero-order chi connectivity index (χ0) is 12.0. The van der Waals surface area contributed by atoms with Crippen LogP contribution in [0.15, 0.2) is 28.8 Å². The SMILES string of the molecule is CC(=O)C/N=C(Cl)\C=C1\C=CCCCC1C. The molecule has 0 saturated heterocycles. The van der Waals surface area contributed by atoms with Crippen LogP contribution in [0.25, 0.3) is 0 Å². The van der Waals surface area contributed by atoms with Gasteiger partial charge in [-0.05, 0) is 43.8 Å². The number of ketones is 1. The molecule has 16 heavy (non-hydrogen) atoms. The number of halogens is 1. The third-order valence-corrected chi connectivity index (χ3v) is 2.85. The number of aliphatic imine (C=N–C) groups is 1. The van der Waals surface area contributed by atoms with E-state index in [4.69, 9.17) is 11.6 Å². The zero-order valence-corrected chi connectivity index (χ0v) is 10.6. The van der Waals surface area contributed by atoms with Crippen molar-refractivity contribution in [1.29, 1.82) is 0 Å². The molecule has 1 aliphatic rings. The van der Waals surface area contributed by atoms with Gasteiger partial charge in [0.25, 0.3) is 0 Å². The molecule has 0 aromatic rings.